The van der Waals surface area contributed by atoms with Crippen molar-refractivity contribution in [2.45, 2.75) is 19.3 Å². The van der Waals surface area contributed by atoms with Crippen molar-refractivity contribution in [3.63, 3.8) is 0 Å². The van der Waals surface area contributed by atoms with Gasteiger partial charge < -0.3 is 14.7 Å². The maximum absolute atomic E-state index is 12.3. The van der Waals surface area contributed by atoms with Gasteiger partial charge in [-0.3, -0.25) is 9.59 Å². The third-order valence-electron chi connectivity index (χ3n) is 3.73. The molecule has 1 aromatic rings. The molecule has 2 rings (SSSR count). The summed E-state index contributed by atoms with van der Waals surface area (Å²) in [6.07, 6.45) is 1.52. The summed E-state index contributed by atoms with van der Waals surface area (Å²) in [5, 5.41) is 9.54. The molecule has 1 heterocycles. The third kappa shape index (κ3) is 3.88. The Morgan fingerprint density at radius 3 is 2.86 bits per heavy atom. The van der Waals surface area contributed by atoms with Crippen molar-refractivity contribution in [2.75, 3.05) is 20.2 Å². The Morgan fingerprint density at radius 2 is 2.24 bits per heavy atom. The van der Waals surface area contributed by atoms with Crippen LogP contribution in [0.4, 0.5) is 0 Å². The summed E-state index contributed by atoms with van der Waals surface area (Å²) in [6, 6.07) is 5.18. The lowest BCUT2D eigenvalue weighted by atomic mass is 9.97. The first-order valence-corrected chi connectivity index (χ1v) is 7.22. The van der Waals surface area contributed by atoms with Gasteiger partial charge in [0, 0.05) is 18.1 Å². The first-order valence-electron chi connectivity index (χ1n) is 6.84. The zero-order valence-corrected chi connectivity index (χ0v) is 12.6. The number of carboxylic acids is 1. The van der Waals surface area contributed by atoms with Gasteiger partial charge in [0.25, 0.3) is 0 Å². The van der Waals surface area contributed by atoms with Gasteiger partial charge in [-0.1, -0.05) is 17.7 Å². The smallest absolute Gasteiger partial charge is 0.308 e. The number of methoxy groups -OCH3 is 1. The summed E-state index contributed by atoms with van der Waals surface area (Å²) in [7, 11) is 1.55. The molecule has 1 amide bonds. The molecule has 1 aliphatic rings. The highest BCUT2D eigenvalue weighted by Crippen LogP contribution is 2.24. The lowest BCUT2D eigenvalue weighted by Gasteiger charge is -2.30. The van der Waals surface area contributed by atoms with Crippen LogP contribution in [0.2, 0.25) is 5.02 Å². The minimum absolute atomic E-state index is 0.0898. The maximum atomic E-state index is 12.3. The number of benzene rings is 1. The molecule has 0 spiro atoms. The van der Waals surface area contributed by atoms with Gasteiger partial charge in [0.1, 0.15) is 5.75 Å². The lowest BCUT2D eigenvalue weighted by molar-refractivity contribution is -0.145. The van der Waals surface area contributed by atoms with Gasteiger partial charge in [0.15, 0.2) is 0 Å². The first-order chi connectivity index (χ1) is 10.0. The maximum Gasteiger partial charge on any atom is 0.308 e. The highest BCUT2D eigenvalue weighted by molar-refractivity contribution is 6.31. The van der Waals surface area contributed by atoms with Gasteiger partial charge in [0.2, 0.25) is 5.91 Å². The van der Waals surface area contributed by atoms with Crippen LogP contribution in [0.25, 0.3) is 0 Å². The Hall–Kier alpha value is -1.75. The van der Waals surface area contributed by atoms with Crippen LogP contribution in [0.1, 0.15) is 18.4 Å². The summed E-state index contributed by atoms with van der Waals surface area (Å²) in [5.41, 5.74) is 0.722. The number of hydrogen-bond donors (Lipinski definition) is 1. The number of aliphatic carboxylic acids is 1. The molecule has 6 heteroatoms. The second-order valence-electron chi connectivity index (χ2n) is 5.15. The summed E-state index contributed by atoms with van der Waals surface area (Å²) in [6.45, 7) is 0.887. The van der Waals surface area contributed by atoms with Gasteiger partial charge in [-0.2, -0.15) is 0 Å². The molecule has 1 saturated heterocycles. The molecular formula is C15H18ClNO4. The van der Waals surface area contributed by atoms with Crippen molar-refractivity contribution in [1.82, 2.24) is 4.90 Å². The first kappa shape index (κ1) is 15.6. The molecule has 1 aromatic carbocycles. The number of ether oxygens (including phenoxy) is 1. The third-order valence-corrected chi connectivity index (χ3v) is 4.08. The number of piperidine rings is 1. The zero-order valence-electron chi connectivity index (χ0n) is 11.8. The minimum Gasteiger partial charge on any atom is -0.497 e. The molecule has 1 atom stereocenters. The highest BCUT2D eigenvalue weighted by atomic mass is 35.5. The van der Waals surface area contributed by atoms with Crippen molar-refractivity contribution in [3.8, 4) is 5.75 Å². The van der Waals surface area contributed by atoms with E-state index in [2.05, 4.69) is 0 Å². The molecule has 114 valence electrons. The number of nitrogens with zero attached hydrogens (tertiary/aromatic N) is 1. The van der Waals surface area contributed by atoms with E-state index in [0.29, 0.717) is 23.7 Å². The second kappa shape index (κ2) is 6.80. The number of hydrogen-bond acceptors (Lipinski definition) is 3. The van der Waals surface area contributed by atoms with Gasteiger partial charge in [-0.05, 0) is 30.5 Å². The van der Waals surface area contributed by atoms with Crippen LogP contribution in [-0.2, 0) is 16.0 Å². The van der Waals surface area contributed by atoms with Crippen molar-refractivity contribution in [3.05, 3.63) is 28.8 Å². The molecule has 0 radical (unpaired) electrons. The van der Waals surface area contributed by atoms with E-state index in [4.69, 9.17) is 21.4 Å². The summed E-state index contributed by atoms with van der Waals surface area (Å²) >= 11 is 6.13. The van der Waals surface area contributed by atoms with E-state index in [0.717, 1.165) is 12.0 Å². The van der Waals surface area contributed by atoms with Crippen LogP contribution in [-0.4, -0.2) is 42.1 Å². The zero-order chi connectivity index (χ0) is 15.4. The van der Waals surface area contributed by atoms with E-state index in [1.807, 2.05) is 0 Å². The molecule has 0 bridgehead atoms. The van der Waals surface area contributed by atoms with E-state index in [1.54, 1.807) is 30.2 Å². The number of carbonyl (C=O) groups is 2. The van der Waals surface area contributed by atoms with E-state index in [-0.39, 0.29) is 18.9 Å². The fraction of sp³-hybridized carbons (Fsp3) is 0.467. The van der Waals surface area contributed by atoms with Crippen LogP contribution in [0.15, 0.2) is 18.2 Å². The number of carboxylic acid groups (broad SMARTS) is 1. The number of rotatable bonds is 4. The van der Waals surface area contributed by atoms with Crippen LogP contribution in [0, 0.1) is 5.92 Å². The van der Waals surface area contributed by atoms with Crippen molar-refractivity contribution >= 4 is 23.5 Å². The van der Waals surface area contributed by atoms with Gasteiger partial charge in [-0.25, -0.2) is 0 Å². The predicted octanol–water partition coefficient (Wildman–Crippen LogP) is 2.21. The number of halogens is 1. The summed E-state index contributed by atoms with van der Waals surface area (Å²) in [4.78, 5) is 24.9. The van der Waals surface area contributed by atoms with Gasteiger partial charge in [0.05, 0.1) is 19.4 Å². The van der Waals surface area contributed by atoms with E-state index < -0.39 is 11.9 Å². The van der Waals surface area contributed by atoms with Crippen LogP contribution >= 0.6 is 11.6 Å². The Morgan fingerprint density at radius 1 is 1.48 bits per heavy atom. The molecule has 0 saturated carbocycles. The molecule has 0 unspecified atom stereocenters. The van der Waals surface area contributed by atoms with Crippen molar-refractivity contribution in [1.29, 1.82) is 0 Å². The average Bonchev–Trinajstić information content (AvgIpc) is 2.49. The monoisotopic (exact) mass is 311 g/mol. The van der Waals surface area contributed by atoms with Crippen LogP contribution in [0.5, 0.6) is 5.75 Å². The number of likely N-dealkylation sites (tertiary alicyclic amines) is 1. The molecule has 1 fully saturated rings. The molecule has 0 aliphatic carbocycles. The van der Waals surface area contributed by atoms with Gasteiger partial charge in [-0.15, -0.1) is 0 Å². The number of amides is 1. The standard InChI is InChI=1S/C15H18ClNO4/c1-21-12-5-4-10(13(16)8-12)7-14(18)17-6-2-3-11(9-17)15(19)20/h4-5,8,11H,2-3,6-7,9H2,1H3,(H,19,20)/t11-/m1/s1. The Bertz CT molecular complexity index is 546. The molecule has 1 N–H and O–H groups in total. The fourth-order valence-electron chi connectivity index (χ4n) is 2.48. The average molecular weight is 312 g/mol. The summed E-state index contributed by atoms with van der Waals surface area (Å²) in [5.74, 6) is -0.753. The van der Waals surface area contributed by atoms with E-state index >= 15 is 0 Å². The van der Waals surface area contributed by atoms with Crippen molar-refractivity contribution in [2.24, 2.45) is 5.92 Å². The van der Waals surface area contributed by atoms with Crippen LogP contribution < -0.4 is 4.74 Å². The fourth-order valence-corrected chi connectivity index (χ4v) is 2.72. The topological polar surface area (TPSA) is 66.8 Å². The molecule has 5 nitrogen and oxygen atoms in total. The van der Waals surface area contributed by atoms with Gasteiger partial charge >= 0.3 is 5.97 Å². The van der Waals surface area contributed by atoms with Crippen LogP contribution in [0.3, 0.4) is 0 Å². The summed E-state index contributed by atoms with van der Waals surface area (Å²) < 4.78 is 5.07. The largest absolute Gasteiger partial charge is 0.497 e. The molecule has 0 aromatic heterocycles. The Kier molecular flexibility index (Phi) is 5.07. The minimum atomic E-state index is -0.838. The highest BCUT2D eigenvalue weighted by Gasteiger charge is 2.28. The van der Waals surface area contributed by atoms with Crippen molar-refractivity contribution < 1.29 is 19.4 Å². The Balaban J connectivity index is 2.02. The lowest BCUT2D eigenvalue weighted by Crippen LogP contribution is -2.43. The molecule has 21 heavy (non-hydrogen) atoms. The van der Waals surface area contributed by atoms with E-state index in [1.165, 1.54) is 0 Å². The second-order valence-corrected chi connectivity index (χ2v) is 5.56. The number of carbonyl (C=O) groups excluding carboxylic acids is 1. The Labute approximate surface area is 128 Å². The molecular weight excluding hydrogens is 294 g/mol. The quantitative estimate of drug-likeness (QED) is 0.926. The van der Waals surface area contributed by atoms with E-state index in [9.17, 15) is 9.59 Å². The predicted molar refractivity (Wildman–Crippen MR) is 78.6 cm³/mol. The SMILES string of the molecule is COc1ccc(CC(=O)N2CCC[C@@H](C(=O)O)C2)c(Cl)c1. The normalized spacial score (nSPS) is 18.4. The molecule has 1 aliphatic heterocycles.